The Morgan fingerprint density at radius 2 is 1.88 bits per heavy atom. The van der Waals surface area contributed by atoms with Crippen LogP contribution in [0.5, 0.6) is 5.75 Å². The summed E-state index contributed by atoms with van der Waals surface area (Å²) in [6, 6.07) is 3.66. The molecule has 0 radical (unpaired) electrons. The van der Waals surface area contributed by atoms with Crippen LogP contribution in [0.2, 0.25) is 0 Å². The molecular weight excluding hydrogens is 442 g/mol. The minimum Gasteiger partial charge on any atom is -0.512 e. The number of nitriles is 1. The first-order valence-corrected chi connectivity index (χ1v) is 10.8. The third-order valence-corrected chi connectivity index (χ3v) is 6.53. The van der Waals surface area contributed by atoms with Gasteiger partial charge in [-0.15, -0.1) is 0 Å². The fraction of sp³-hybridized carbons (Fsp3) is 0.417. The van der Waals surface area contributed by atoms with E-state index in [0.29, 0.717) is 5.56 Å². The van der Waals surface area contributed by atoms with Crippen LogP contribution in [0.3, 0.4) is 0 Å². The van der Waals surface area contributed by atoms with Gasteiger partial charge in [-0.2, -0.15) is 5.26 Å². The number of phenolic OH excluding ortho intramolecular Hbond substituents is 1. The van der Waals surface area contributed by atoms with E-state index in [1.807, 2.05) is 6.07 Å². The summed E-state index contributed by atoms with van der Waals surface area (Å²) in [4.78, 5) is 39.8. The monoisotopic (exact) mass is 469 g/mol. The second kappa shape index (κ2) is 9.67. The van der Waals surface area contributed by atoms with Crippen LogP contribution in [0.1, 0.15) is 40.7 Å². The van der Waals surface area contributed by atoms with Crippen LogP contribution in [0.15, 0.2) is 34.8 Å². The molecule has 34 heavy (non-hydrogen) atoms. The average Bonchev–Trinajstić information content (AvgIpc) is 2.77. The molecule has 0 fully saturated rings. The number of amides is 1. The standard InChI is InChI=1S/C24H27N3O7/c1-27(2)21-13(10-28)7-12-8-14-11(9-25)3-4-16(30)19(14)22(32)18(12)15(29)5-6-17(31)20(23(21)33)24(26)34/h3-4,12-13,21,28-30,33H,5-8,10H2,1-2H3,(H2,26,34)/b18-15-,23-20-/t12-,13-,21-/m1/s1. The molecule has 0 bridgehead atoms. The van der Waals surface area contributed by atoms with Crippen molar-refractivity contribution in [2.45, 2.75) is 31.7 Å². The number of benzene rings is 1. The predicted octanol–water partition coefficient (Wildman–Crippen LogP) is 1.02. The van der Waals surface area contributed by atoms with Gasteiger partial charge in [-0.3, -0.25) is 19.3 Å². The lowest BCUT2D eigenvalue weighted by Gasteiger charge is -2.35. The molecule has 3 rings (SSSR count). The highest BCUT2D eigenvalue weighted by Gasteiger charge is 2.41. The molecule has 3 atom stereocenters. The molecule has 1 aromatic carbocycles. The molecule has 0 unspecified atom stereocenters. The van der Waals surface area contributed by atoms with Crippen LogP contribution < -0.4 is 5.73 Å². The van der Waals surface area contributed by atoms with E-state index in [-0.39, 0.29) is 47.5 Å². The smallest absolute Gasteiger partial charge is 0.255 e. The van der Waals surface area contributed by atoms with E-state index < -0.39 is 59.7 Å². The first-order valence-electron chi connectivity index (χ1n) is 10.8. The van der Waals surface area contributed by atoms with Crippen molar-refractivity contribution in [3.63, 3.8) is 0 Å². The van der Waals surface area contributed by atoms with Gasteiger partial charge >= 0.3 is 0 Å². The summed E-state index contributed by atoms with van der Waals surface area (Å²) in [7, 11) is 3.18. The summed E-state index contributed by atoms with van der Waals surface area (Å²) in [5.41, 5.74) is 5.19. The number of phenols is 1. The number of ketones is 2. The highest BCUT2D eigenvalue weighted by Crippen LogP contribution is 2.42. The van der Waals surface area contributed by atoms with Gasteiger partial charge in [-0.25, -0.2) is 0 Å². The van der Waals surface area contributed by atoms with Crippen LogP contribution in [0, 0.1) is 23.2 Å². The molecule has 1 aromatic rings. The molecule has 0 saturated heterocycles. The maximum atomic E-state index is 13.4. The van der Waals surface area contributed by atoms with E-state index in [1.165, 1.54) is 17.0 Å². The minimum absolute atomic E-state index is 0.0244. The molecule has 0 saturated carbocycles. The molecule has 10 nitrogen and oxygen atoms in total. The number of hydrogen-bond acceptors (Lipinski definition) is 9. The van der Waals surface area contributed by atoms with Crippen LogP contribution in [0.4, 0.5) is 0 Å². The predicted molar refractivity (Wildman–Crippen MR) is 120 cm³/mol. The Bertz CT molecular complexity index is 1160. The number of nitrogens with zero attached hydrogens (tertiary/aromatic N) is 2. The first-order chi connectivity index (χ1) is 16.0. The molecule has 10 heteroatoms. The maximum absolute atomic E-state index is 13.4. The van der Waals surface area contributed by atoms with E-state index in [1.54, 1.807) is 14.1 Å². The van der Waals surface area contributed by atoms with Crippen LogP contribution in [-0.2, 0) is 16.0 Å². The van der Waals surface area contributed by atoms with Gasteiger partial charge in [0.15, 0.2) is 11.6 Å². The van der Waals surface area contributed by atoms with Crippen LogP contribution in [-0.4, -0.2) is 69.5 Å². The number of rotatable bonds is 3. The summed E-state index contributed by atoms with van der Waals surface area (Å²) in [6.07, 6.45) is -0.534. The molecule has 1 amide bonds. The molecular formula is C24H27N3O7. The number of aromatic hydroxyl groups is 1. The lowest BCUT2D eigenvalue weighted by atomic mass is 9.72. The second-order valence-electron chi connectivity index (χ2n) is 8.82. The third kappa shape index (κ3) is 4.27. The number of allylic oxidation sites excluding steroid dienone is 2. The molecule has 2 aliphatic rings. The molecule has 0 heterocycles. The number of Topliss-reactive ketones (excluding diaryl/α,β-unsaturated/α-hetero) is 2. The largest absolute Gasteiger partial charge is 0.512 e. The second-order valence-corrected chi connectivity index (χ2v) is 8.82. The van der Waals surface area contributed by atoms with Crippen molar-refractivity contribution in [2.75, 3.05) is 20.7 Å². The van der Waals surface area contributed by atoms with E-state index in [4.69, 9.17) is 5.73 Å². The van der Waals surface area contributed by atoms with Crippen molar-refractivity contribution in [2.24, 2.45) is 17.6 Å². The highest BCUT2D eigenvalue weighted by molar-refractivity contribution is 6.19. The Hall–Kier alpha value is -3.68. The van der Waals surface area contributed by atoms with Gasteiger partial charge in [-0.1, -0.05) is 0 Å². The van der Waals surface area contributed by atoms with Crippen molar-refractivity contribution in [1.29, 1.82) is 5.26 Å². The summed E-state index contributed by atoms with van der Waals surface area (Å²) in [5, 5.41) is 51.9. The van der Waals surface area contributed by atoms with E-state index in [0.717, 1.165) is 0 Å². The van der Waals surface area contributed by atoms with Gasteiger partial charge in [-0.05, 0) is 50.6 Å². The Kier molecular flexibility index (Phi) is 7.09. The van der Waals surface area contributed by atoms with E-state index in [9.17, 15) is 40.1 Å². The normalized spacial score (nSPS) is 28.0. The number of nitrogens with two attached hydrogens (primary N) is 1. The quantitative estimate of drug-likeness (QED) is 0.403. The fourth-order valence-electron chi connectivity index (χ4n) is 5.05. The number of carbonyl (C=O) groups is 3. The first kappa shape index (κ1) is 25.0. The van der Waals surface area contributed by atoms with Gasteiger partial charge in [0.05, 0.1) is 23.2 Å². The lowest BCUT2D eigenvalue weighted by molar-refractivity contribution is -0.121. The van der Waals surface area contributed by atoms with Gasteiger partial charge in [0.2, 0.25) is 0 Å². The highest BCUT2D eigenvalue weighted by atomic mass is 16.3. The zero-order chi connectivity index (χ0) is 25.3. The van der Waals surface area contributed by atoms with Crippen molar-refractivity contribution in [1.82, 2.24) is 4.90 Å². The Morgan fingerprint density at radius 1 is 1.21 bits per heavy atom. The Morgan fingerprint density at radius 3 is 2.44 bits per heavy atom. The van der Waals surface area contributed by atoms with Crippen molar-refractivity contribution >= 4 is 17.5 Å². The van der Waals surface area contributed by atoms with Crippen molar-refractivity contribution in [3.05, 3.63) is 51.5 Å². The third-order valence-electron chi connectivity index (χ3n) is 6.53. The van der Waals surface area contributed by atoms with Gasteiger partial charge in [0.25, 0.3) is 5.91 Å². The van der Waals surface area contributed by atoms with Crippen LogP contribution in [0.25, 0.3) is 0 Å². The SMILES string of the molecule is CN(C)[C@H]1/C(O)=C(/C(N)=O)C(=O)CC/C(O)=C2/C(=O)c3c(O)ccc(C#N)c3C[C@H]2C[C@@H]1CO. The summed E-state index contributed by atoms with van der Waals surface area (Å²) in [5.74, 6) is -5.38. The maximum Gasteiger partial charge on any atom is 0.255 e. The molecule has 180 valence electrons. The lowest BCUT2D eigenvalue weighted by Crippen LogP contribution is -2.42. The number of aliphatic hydroxyl groups is 3. The van der Waals surface area contributed by atoms with Gasteiger partial charge < -0.3 is 26.2 Å². The molecule has 0 aliphatic heterocycles. The summed E-state index contributed by atoms with van der Waals surface area (Å²) in [6.45, 7) is -0.482. The van der Waals surface area contributed by atoms with E-state index >= 15 is 0 Å². The molecule has 6 N–H and O–H groups in total. The number of fused-ring (bicyclic) bond motifs is 2. The Labute approximate surface area is 196 Å². The number of hydrogen-bond donors (Lipinski definition) is 5. The molecule has 0 aromatic heterocycles. The van der Waals surface area contributed by atoms with Crippen LogP contribution >= 0.6 is 0 Å². The Balaban J connectivity index is 2.25. The number of aliphatic hydroxyl groups excluding tert-OH is 3. The summed E-state index contributed by atoms with van der Waals surface area (Å²) >= 11 is 0. The van der Waals surface area contributed by atoms with Gasteiger partial charge in [0, 0.05) is 30.9 Å². The summed E-state index contributed by atoms with van der Waals surface area (Å²) < 4.78 is 0. The minimum atomic E-state index is -1.14. The van der Waals surface area contributed by atoms with E-state index in [2.05, 4.69) is 0 Å². The fourth-order valence-corrected chi connectivity index (χ4v) is 5.05. The zero-order valence-electron chi connectivity index (χ0n) is 18.9. The topological polar surface area (TPSA) is 185 Å². The van der Waals surface area contributed by atoms with Gasteiger partial charge in [0.1, 0.15) is 22.8 Å². The molecule has 0 spiro atoms. The number of primary amides is 1. The van der Waals surface area contributed by atoms with Crippen molar-refractivity contribution in [3.8, 4) is 11.8 Å². The number of carbonyl (C=O) groups excluding carboxylic acids is 3. The number of likely N-dealkylation sites (N-methyl/N-ethyl adjacent to an activating group) is 1. The van der Waals surface area contributed by atoms with Crippen molar-refractivity contribution < 1.29 is 34.8 Å². The zero-order valence-corrected chi connectivity index (χ0v) is 18.9. The molecule has 2 aliphatic carbocycles. The average molecular weight is 469 g/mol.